The van der Waals surface area contributed by atoms with Gasteiger partial charge in [0.15, 0.2) is 0 Å². The highest BCUT2D eigenvalue weighted by atomic mass is 35.5. The van der Waals surface area contributed by atoms with Crippen molar-refractivity contribution in [1.82, 2.24) is 4.90 Å². The molecule has 2 atom stereocenters. The Labute approximate surface area is 77.3 Å². The van der Waals surface area contributed by atoms with Gasteiger partial charge in [-0.2, -0.15) is 0 Å². The minimum absolute atomic E-state index is 0.0320. The number of carbonyl (C=O) groups is 1. The molecular weight excluding hydrogens is 178 g/mol. The van der Waals surface area contributed by atoms with Crippen LogP contribution >= 0.6 is 11.6 Å². The number of rotatable bonds is 1. The maximum atomic E-state index is 11.1. The molecule has 0 saturated carbocycles. The summed E-state index contributed by atoms with van der Waals surface area (Å²) in [7, 11) is 0. The van der Waals surface area contributed by atoms with Gasteiger partial charge in [0.25, 0.3) is 0 Å². The molecule has 1 heterocycles. The van der Waals surface area contributed by atoms with Gasteiger partial charge in [-0.1, -0.05) is 6.92 Å². The molecule has 3 nitrogen and oxygen atoms in total. The van der Waals surface area contributed by atoms with Crippen molar-refractivity contribution < 1.29 is 9.90 Å². The van der Waals surface area contributed by atoms with Crippen LogP contribution in [0.3, 0.4) is 0 Å². The lowest BCUT2D eigenvalue weighted by Gasteiger charge is -2.33. The van der Waals surface area contributed by atoms with Gasteiger partial charge in [0.2, 0.25) is 5.91 Å². The summed E-state index contributed by atoms with van der Waals surface area (Å²) in [6.07, 6.45) is 0.411. The molecule has 0 unspecified atom stereocenters. The van der Waals surface area contributed by atoms with Gasteiger partial charge in [0.1, 0.15) is 5.88 Å². The predicted molar refractivity (Wildman–Crippen MR) is 47.1 cm³/mol. The number of carbonyl (C=O) groups excluding carboxylic acids is 1. The third kappa shape index (κ3) is 2.11. The summed E-state index contributed by atoms with van der Waals surface area (Å²) < 4.78 is 0. The standard InChI is InChI=1S/C8H14ClNO2/c1-6-5-10(8(12)4-9)3-2-7(6)11/h6-7,11H,2-5H2,1H3/t6-,7-/m0/s1. The van der Waals surface area contributed by atoms with E-state index >= 15 is 0 Å². The first-order valence-electron chi connectivity index (χ1n) is 4.17. The summed E-state index contributed by atoms with van der Waals surface area (Å²) >= 11 is 5.42. The lowest BCUT2D eigenvalue weighted by Crippen LogP contribution is -2.45. The summed E-state index contributed by atoms with van der Waals surface area (Å²) in [5.41, 5.74) is 0. The van der Waals surface area contributed by atoms with Crippen LogP contribution in [0.2, 0.25) is 0 Å². The molecule has 0 aromatic rings. The van der Waals surface area contributed by atoms with Crippen LogP contribution in [0, 0.1) is 5.92 Å². The van der Waals surface area contributed by atoms with Gasteiger partial charge in [-0.25, -0.2) is 0 Å². The molecule has 1 aliphatic rings. The smallest absolute Gasteiger partial charge is 0.237 e. The molecule has 1 aliphatic heterocycles. The van der Waals surface area contributed by atoms with E-state index < -0.39 is 0 Å². The van der Waals surface area contributed by atoms with Gasteiger partial charge in [0.05, 0.1) is 6.10 Å². The average Bonchev–Trinajstić information content (AvgIpc) is 2.08. The minimum atomic E-state index is -0.260. The van der Waals surface area contributed by atoms with Crippen LogP contribution in [0.25, 0.3) is 0 Å². The fourth-order valence-corrected chi connectivity index (χ4v) is 1.61. The normalized spacial score (nSPS) is 30.4. The zero-order valence-corrected chi connectivity index (χ0v) is 7.92. The van der Waals surface area contributed by atoms with Crippen molar-refractivity contribution >= 4 is 17.5 Å². The number of hydrogen-bond acceptors (Lipinski definition) is 2. The molecule has 4 heteroatoms. The molecule has 0 aromatic carbocycles. The van der Waals surface area contributed by atoms with Crippen molar-refractivity contribution in [3.05, 3.63) is 0 Å². The maximum Gasteiger partial charge on any atom is 0.237 e. The molecule has 12 heavy (non-hydrogen) atoms. The zero-order chi connectivity index (χ0) is 9.14. The quantitative estimate of drug-likeness (QED) is 0.612. The number of aliphatic hydroxyl groups excluding tert-OH is 1. The number of piperidine rings is 1. The van der Waals surface area contributed by atoms with Crippen LogP contribution < -0.4 is 0 Å². The van der Waals surface area contributed by atoms with Crippen LogP contribution in [0.15, 0.2) is 0 Å². The van der Waals surface area contributed by atoms with E-state index in [-0.39, 0.29) is 23.8 Å². The van der Waals surface area contributed by atoms with Gasteiger partial charge < -0.3 is 10.0 Å². The molecular formula is C8H14ClNO2. The van der Waals surface area contributed by atoms with E-state index in [0.29, 0.717) is 19.5 Å². The summed E-state index contributed by atoms with van der Waals surface area (Å²) in [6.45, 7) is 3.21. The molecule has 0 aromatic heterocycles. The average molecular weight is 192 g/mol. The Bertz CT molecular complexity index is 174. The van der Waals surface area contributed by atoms with E-state index in [9.17, 15) is 9.90 Å². The van der Waals surface area contributed by atoms with Crippen molar-refractivity contribution in [2.24, 2.45) is 5.92 Å². The van der Waals surface area contributed by atoms with Crippen LogP contribution in [-0.2, 0) is 4.79 Å². The second-order valence-electron chi connectivity index (χ2n) is 3.31. The summed E-state index contributed by atoms with van der Waals surface area (Å²) in [4.78, 5) is 12.8. The van der Waals surface area contributed by atoms with Crippen molar-refractivity contribution in [3.63, 3.8) is 0 Å². The Morgan fingerprint density at radius 3 is 2.92 bits per heavy atom. The lowest BCUT2D eigenvalue weighted by molar-refractivity contribution is -0.131. The van der Waals surface area contributed by atoms with Gasteiger partial charge in [-0.3, -0.25) is 4.79 Å². The van der Waals surface area contributed by atoms with E-state index in [2.05, 4.69) is 0 Å². The fourth-order valence-electron chi connectivity index (χ4n) is 1.44. The van der Waals surface area contributed by atoms with Gasteiger partial charge in [-0.15, -0.1) is 11.6 Å². The van der Waals surface area contributed by atoms with Crippen LogP contribution in [0.4, 0.5) is 0 Å². The molecule has 0 aliphatic carbocycles. The minimum Gasteiger partial charge on any atom is -0.393 e. The Balaban J connectivity index is 2.45. The Hall–Kier alpha value is -0.280. The molecule has 0 spiro atoms. The van der Waals surface area contributed by atoms with Crippen molar-refractivity contribution in [2.75, 3.05) is 19.0 Å². The summed E-state index contributed by atoms with van der Waals surface area (Å²) in [5.74, 6) is 0.185. The van der Waals surface area contributed by atoms with E-state index in [0.717, 1.165) is 0 Å². The lowest BCUT2D eigenvalue weighted by atomic mass is 9.97. The largest absolute Gasteiger partial charge is 0.393 e. The molecule has 1 N–H and O–H groups in total. The van der Waals surface area contributed by atoms with E-state index in [4.69, 9.17) is 11.6 Å². The monoisotopic (exact) mass is 191 g/mol. The second-order valence-corrected chi connectivity index (χ2v) is 3.57. The van der Waals surface area contributed by atoms with Crippen LogP contribution in [-0.4, -0.2) is 41.0 Å². The highest BCUT2D eigenvalue weighted by Gasteiger charge is 2.26. The highest BCUT2D eigenvalue weighted by Crippen LogP contribution is 2.16. The predicted octanol–water partition coefficient (Wildman–Crippen LogP) is 0.455. The molecule has 1 rings (SSSR count). The first-order valence-corrected chi connectivity index (χ1v) is 4.70. The van der Waals surface area contributed by atoms with Gasteiger partial charge in [0, 0.05) is 13.1 Å². The highest BCUT2D eigenvalue weighted by molar-refractivity contribution is 6.27. The third-order valence-corrected chi connectivity index (χ3v) is 2.56. The zero-order valence-electron chi connectivity index (χ0n) is 7.16. The van der Waals surface area contributed by atoms with Gasteiger partial charge in [-0.05, 0) is 12.3 Å². The molecule has 1 amide bonds. The van der Waals surface area contributed by atoms with E-state index in [1.165, 1.54) is 0 Å². The summed E-state index contributed by atoms with van der Waals surface area (Å²) in [5, 5.41) is 9.38. The molecule has 0 bridgehead atoms. The first-order chi connectivity index (χ1) is 5.65. The number of amides is 1. The maximum absolute atomic E-state index is 11.1. The summed E-state index contributed by atoms with van der Waals surface area (Å²) in [6, 6.07) is 0. The van der Waals surface area contributed by atoms with E-state index in [1.807, 2.05) is 6.92 Å². The Kier molecular flexibility index (Phi) is 3.35. The third-order valence-electron chi connectivity index (χ3n) is 2.33. The molecule has 0 radical (unpaired) electrons. The molecule has 1 saturated heterocycles. The van der Waals surface area contributed by atoms with Gasteiger partial charge >= 0.3 is 0 Å². The SMILES string of the molecule is C[C@H]1CN(C(=O)CCl)CC[C@@H]1O. The van der Waals surface area contributed by atoms with Crippen molar-refractivity contribution in [1.29, 1.82) is 0 Å². The number of halogens is 1. The number of nitrogens with zero attached hydrogens (tertiary/aromatic N) is 1. The van der Waals surface area contributed by atoms with E-state index in [1.54, 1.807) is 4.90 Å². The number of likely N-dealkylation sites (tertiary alicyclic amines) is 1. The second kappa shape index (κ2) is 4.10. The number of hydrogen-bond donors (Lipinski definition) is 1. The topological polar surface area (TPSA) is 40.5 Å². The molecule has 70 valence electrons. The molecule has 1 fully saturated rings. The Morgan fingerprint density at radius 1 is 1.75 bits per heavy atom. The van der Waals surface area contributed by atoms with Crippen LogP contribution in [0.5, 0.6) is 0 Å². The number of alkyl halides is 1. The first kappa shape index (κ1) is 9.81. The van der Waals surface area contributed by atoms with Crippen molar-refractivity contribution in [3.8, 4) is 0 Å². The Morgan fingerprint density at radius 2 is 2.42 bits per heavy atom. The fraction of sp³-hybridized carbons (Fsp3) is 0.875. The van der Waals surface area contributed by atoms with Crippen LogP contribution in [0.1, 0.15) is 13.3 Å². The van der Waals surface area contributed by atoms with Crippen molar-refractivity contribution in [2.45, 2.75) is 19.4 Å². The number of aliphatic hydroxyl groups is 1.